The number of nitrogens with one attached hydrogen (secondary N) is 1. The fraction of sp³-hybridized carbons (Fsp3) is 0.348. The monoisotopic (exact) mass is 486 g/mol. The maximum atomic E-state index is 12.9. The second-order valence-electron chi connectivity index (χ2n) is 7.81. The number of piperidine rings is 1. The molecule has 4 rings (SSSR count). The van der Waals surface area contributed by atoms with Crippen molar-refractivity contribution in [3.8, 4) is 22.9 Å². The lowest BCUT2D eigenvalue weighted by Gasteiger charge is -2.30. The Bertz CT molecular complexity index is 1220. The minimum Gasteiger partial charge on any atom is -0.497 e. The molecule has 3 aromatic rings. The molecule has 0 unspecified atom stereocenters. The molecule has 0 radical (unpaired) electrons. The smallest absolute Gasteiger partial charge is 0.246 e. The summed E-state index contributed by atoms with van der Waals surface area (Å²) < 4.78 is 42.6. The topological polar surface area (TPSA) is 124 Å². The van der Waals surface area contributed by atoms with Crippen LogP contribution in [-0.4, -0.2) is 56.1 Å². The number of hydrogen-bond donors (Lipinski definition) is 1. The predicted molar refractivity (Wildman–Crippen MR) is 123 cm³/mol. The zero-order chi connectivity index (χ0) is 24.1. The molecule has 1 fully saturated rings. The van der Waals surface area contributed by atoms with Crippen molar-refractivity contribution in [2.75, 3.05) is 27.3 Å². The van der Waals surface area contributed by atoms with E-state index in [-0.39, 0.29) is 36.4 Å². The molecule has 1 amide bonds. The molecule has 1 saturated heterocycles. The average Bonchev–Trinajstić information content (AvgIpc) is 3.36. The molecule has 10 nitrogen and oxygen atoms in total. The number of carbonyl (C=O) groups excluding carboxylic acids is 1. The molecule has 1 aliphatic rings. The van der Waals surface area contributed by atoms with Crippen LogP contribution in [-0.2, 0) is 21.4 Å². The van der Waals surface area contributed by atoms with E-state index in [0.29, 0.717) is 30.3 Å². The molecule has 0 bridgehead atoms. The molecule has 0 aliphatic carbocycles. The first-order valence-electron chi connectivity index (χ1n) is 10.8. The highest BCUT2D eigenvalue weighted by molar-refractivity contribution is 7.89. The summed E-state index contributed by atoms with van der Waals surface area (Å²) in [5, 5.41) is 6.76. The Morgan fingerprint density at radius 2 is 1.62 bits per heavy atom. The number of nitrogens with zero attached hydrogens (tertiary/aromatic N) is 3. The highest BCUT2D eigenvalue weighted by Crippen LogP contribution is 2.25. The first kappa shape index (κ1) is 23.7. The van der Waals surface area contributed by atoms with Gasteiger partial charge >= 0.3 is 0 Å². The number of hydrogen-bond acceptors (Lipinski definition) is 8. The Kier molecular flexibility index (Phi) is 7.13. The third-order valence-electron chi connectivity index (χ3n) is 5.75. The van der Waals surface area contributed by atoms with Crippen molar-refractivity contribution in [3.05, 3.63) is 54.4 Å². The number of sulfonamides is 1. The number of benzene rings is 2. The van der Waals surface area contributed by atoms with Crippen LogP contribution < -0.4 is 14.8 Å². The highest BCUT2D eigenvalue weighted by atomic mass is 32.2. The third-order valence-corrected chi connectivity index (χ3v) is 7.66. The van der Waals surface area contributed by atoms with Crippen LogP contribution in [0.1, 0.15) is 18.7 Å². The fourth-order valence-corrected chi connectivity index (χ4v) is 5.22. The Balaban J connectivity index is 1.29. The maximum Gasteiger partial charge on any atom is 0.246 e. The second kappa shape index (κ2) is 10.2. The summed E-state index contributed by atoms with van der Waals surface area (Å²) in [6.45, 7) is 0.648. The first-order valence-corrected chi connectivity index (χ1v) is 12.2. The van der Waals surface area contributed by atoms with Gasteiger partial charge in [0.1, 0.15) is 11.5 Å². The SMILES string of the molecule is COc1ccc(-c2noc(CNC(=O)C3CCN(S(=O)(=O)c4ccc(OC)cc4)CC3)n2)cc1. The van der Waals surface area contributed by atoms with Crippen LogP contribution in [0, 0.1) is 5.92 Å². The quantitative estimate of drug-likeness (QED) is 0.515. The Morgan fingerprint density at radius 3 is 2.21 bits per heavy atom. The average molecular weight is 487 g/mol. The van der Waals surface area contributed by atoms with Gasteiger partial charge in [-0.25, -0.2) is 8.42 Å². The van der Waals surface area contributed by atoms with Crippen LogP contribution in [0.5, 0.6) is 11.5 Å². The molecule has 11 heteroatoms. The minimum atomic E-state index is -3.61. The Morgan fingerprint density at radius 1 is 1.03 bits per heavy atom. The zero-order valence-electron chi connectivity index (χ0n) is 18.9. The van der Waals surface area contributed by atoms with Crippen molar-refractivity contribution in [1.29, 1.82) is 0 Å². The van der Waals surface area contributed by atoms with Gasteiger partial charge in [0.2, 0.25) is 27.6 Å². The van der Waals surface area contributed by atoms with E-state index in [1.807, 2.05) is 12.1 Å². The van der Waals surface area contributed by atoms with Crippen molar-refractivity contribution in [2.45, 2.75) is 24.3 Å². The van der Waals surface area contributed by atoms with Crippen molar-refractivity contribution < 1.29 is 27.2 Å². The number of aromatic nitrogens is 2. The molecular formula is C23H26N4O6S. The summed E-state index contributed by atoms with van der Waals surface area (Å²) in [6.07, 6.45) is 0.865. The first-order chi connectivity index (χ1) is 16.4. The van der Waals surface area contributed by atoms with Crippen LogP contribution in [0.2, 0.25) is 0 Å². The summed E-state index contributed by atoms with van der Waals surface area (Å²) >= 11 is 0. The summed E-state index contributed by atoms with van der Waals surface area (Å²) in [7, 11) is -0.498. The van der Waals surface area contributed by atoms with Gasteiger partial charge in [-0.3, -0.25) is 4.79 Å². The molecule has 0 saturated carbocycles. The number of rotatable bonds is 8. The van der Waals surface area contributed by atoms with E-state index < -0.39 is 10.0 Å². The molecule has 2 aromatic carbocycles. The zero-order valence-corrected chi connectivity index (χ0v) is 19.7. The number of methoxy groups -OCH3 is 2. The predicted octanol–water partition coefficient (Wildman–Crippen LogP) is 2.47. The van der Waals surface area contributed by atoms with Gasteiger partial charge in [0.05, 0.1) is 25.7 Å². The van der Waals surface area contributed by atoms with E-state index in [1.54, 1.807) is 31.4 Å². The standard InChI is InChI=1S/C23H26N4O6S/c1-31-18-5-3-16(4-6-18)22-25-21(33-26-22)15-24-23(28)17-11-13-27(14-12-17)34(29,30)20-9-7-19(32-2)8-10-20/h3-10,17H,11-15H2,1-2H3,(H,24,28). The largest absolute Gasteiger partial charge is 0.497 e. The lowest BCUT2D eigenvalue weighted by molar-refractivity contribution is -0.126. The van der Waals surface area contributed by atoms with Crippen molar-refractivity contribution in [2.24, 2.45) is 5.92 Å². The van der Waals surface area contributed by atoms with Crippen LogP contribution in [0.25, 0.3) is 11.4 Å². The van der Waals surface area contributed by atoms with Gasteiger partial charge in [0.25, 0.3) is 0 Å². The van der Waals surface area contributed by atoms with E-state index in [9.17, 15) is 13.2 Å². The van der Waals surface area contributed by atoms with Crippen molar-refractivity contribution >= 4 is 15.9 Å². The summed E-state index contributed by atoms with van der Waals surface area (Å²) in [6, 6.07) is 13.5. The van der Waals surface area contributed by atoms with Gasteiger partial charge in [0.15, 0.2) is 0 Å². The normalized spacial score (nSPS) is 15.1. The second-order valence-corrected chi connectivity index (χ2v) is 9.75. The lowest BCUT2D eigenvalue weighted by atomic mass is 9.97. The lowest BCUT2D eigenvalue weighted by Crippen LogP contribution is -2.42. The minimum absolute atomic E-state index is 0.104. The Labute approximate surface area is 197 Å². The number of carbonyl (C=O) groups is 1. The van der Waals surface area contributed by atoms with Crippen molar-refractivity contribution in [3.63, 3.8) is 0 Å². The summed E-state index contributed by atoms with van der Waals surface area (Å²) in [4.78, 5) is 17.1. The molecule has 0 spiro atoms. The van der Waals surface area contributed by atoms with Gasteiger partial charge in [0, 0.05) is 24.6 Å². The van der Waals surface area contributed by atoms with E-state index >= 15 is 0 Å². The van der Waals surface area contributed by atoms with E-state index in [0.717, 1.165) is 11.3 Å². The fourth-order valence-electron chi connectivity index (χ4n) is 3.75. The molecule has 0 atom stereocenters. The van der Waals surface area contributed by atoms with E-state index in [2.05, 4.69) is 15.5 Å². The van der Waals surface area contributed by atoms with Gasteiger partial charge in [-0.05, 0) is 61.4 Å². The van der Waals surface area contributed by atoms with Gasteiger partial charge in [-0.2, -0.15) is 9.29 Å². The van der Waals surface area contributed by atoms with Crippen molar-refractivity contribution in [1.82, 2.24) is 19.8 Å². The van der Waals surface area contributed by atoms with E-state index in [4.69, 9.17) is 14.0 Å². The number of amides is 1. The molecule has 180 valence electrons. The maximum absolute atomic E-state index is 12.9. The molecule has 34 heavy (non-hydrogen) atoms. The van der Waals surface area contributed by atoms with Gasteiger partial charge < -0.3 is 19.3 Å². The molecular weight excluding hydrogens is 460 g/mol. The van der Waals surface area contributed by atoms with Crippen LogP contribution >= 0.6 is 0 Å². The summed E-state index contributed by atoms with van der Waals surface area (Å²) in [5.74, 6) is 1.58. The van der Waals surface area contributed by atoms with Gasteiger partial charge in [-0.1, -0.05) is 5.16 Å². The third kappa shape index (κ3) is 5.20. The van der Waals surface area contributed by atoms with Crippen LogP contribution in [0.15, 0.2) is 57.9 Å². The van der Waals surface area contributed by atoms with Crippen LogP contribution in [0.3, 0.4) is 0 Å². The summed E-state index contributed by atoms with van der Waals surface area (Å²) in [5.41, 5.74) is 0.771. The van der Waals surface area contributed by atoms with Gasteiger partial charge in [-0.15, -0.1) is 0 Å². The number of ether oxygens (including phenoxy) is 2. The Hall–Kier alpha value is -3.44. The van der Waals surface area contributed by atoms with E-state index in [1.165, 1.54) is 23.5 Å². The molecule has 1 N–H and O–H groups in total. The molecule has 1 aromatic heterocycles. The van der Waals surface area contributed by atoms with Crippen LogP contribution in [0.4, 0.5) is 0 Å². The molecule has 1 aliphatic heterocycles. The highest BCUT2D eigenvalue weighted by Gasteiger charge is 2.32. The molecule has 2 heterocycles.